The SMILES string of the molecule is CC1(CNC(=O)COc2ccccc2OCC(F)(F)F)CCNCC1.Cl. The van der Waals surface area contributed by atoms with E-state index in [0.29, 0.717) is 6.54 Å². The second-order valence-electron chi connectivity index (χ2n) is 6.48. The van der Waals surface area contributed by atoms with Gasteiger partial charge in [-0.3, -0.25) is 4.79 Å². The molecule has 0 aromatic heterocycles. The number of nitrogens with one attached hydrogen (secondary N) is 2. The molecule has 2 rings (SSSR count). The number of rotatable bonds is 7. The van der Waals surface area contributed by atoms with Gasteiger partial charge in [0.25, 0.3) is 5.91 Å². The van der Waals surface area contributed by atoms with Crippen LogP contribution in [0.3, 0.4) is 0 Å². The van der Waals surface area contributed by atoms with Crippen LogP contribution >= 0.6 is 12.4 Å². The van der Waals surface area contributed by atoms with Crippen LogP contribution < -0.4 is 20.1 Å². The molecule has 0 saturated carbocycles. The molecule has 1 aromatic carbocycles. The van der Waals surface area contributed by atoms with Gasteiger partial charge in [0.15, 0.2) is 24.7 Å². The molecule has 0 spiro atoms. The van der Waals surface area contributed by atoms with Crippen molar-refractivity contribution in [1.82, 2.24) is 10.6 Å². The van der Waals surface area contributed by atoms with Crippen LogP contribution in [0.25, 0.3) is 0 Å². The van der Waals surface area contributed by atoms with Gasteiger partial charge in [-0.2, -0.15) is 13.2 Å². The van der Waals surface area contributed by atoms with E-state index in [4.69, 9.17) is 9.47 Å². The maximum atomic E-state index is 12.3. The van der Waals surface area contributed by atoms with Crippen molar-refractivity contribution in [2.45, 2.75) is 25.9 Å². The highest BCUT2D eigenvalue weighted by Gasteiger charge is 2.29. The third kappa shape index (κ3) is 7.70. The van der Waals surface area contributed by atoms with E-state index in [0.717, 1.165) is 25.9 Å². The standard InChI is InChI=1S/C17H23F3N2O3.ClH/c1-16(6-8-21-9-7-16)11-22-15(23)10-24-13-4-2-3-5-14(13)25-12-17(18,19)20;/h2-5,21H,6-12H2,1H3,(H,22,23);1H. The number of carbonyl (C=O) groups is 1. The molecule has 1 heterocycles. The first-order valence-corrected chi connectivity index (χ1v) is 8.16. The summed E-state index contributed by atoms with van der Waals surface area (Å²) in [5.41, 5.74) is 0.0502. The van der Waals surface area contributed by atoms with Gasteiger partial charge >= 0.3 is 6.18 Å². The Bertz CT molecular complexity index is 579. The summed E-state index contributed by atoms with van der Waals surface area (Å²) in [5, 5.41) is 6.10. The molecule has 26 heavy (non-hydrogen) atoms. The lowest BCUT2D eigenvalue weighted by molar-refractivity contribution is -0.153. The number of para-hydroxylation sites is 2. The molecule has 1 aromatic rings. The second-order valence-corrected chi connectivity index (χ2v) is 6.48. The summed E-state index contributed by atoms with van der Waals surface area (Å²) in [5.74, 6) is -0.252. The van der Waals surface area contributed by atoms with Gasteiger partial charge in [-0.05, 0) is 43.5 Å². The van der Waals surface area contributed by atoms with E-state index < -0.39 is 12.8 Å². The van der Waals surface area contributed by atoms with E-state index in [2.05, 4.69) is 17.6 Å². The first kappa shape index (κ1) is 22.4. The normalized spacial score (nSPS) is 16.3. The second kappa shape index (κ2) is 9.87. The highest BCUT2D eigenvalue weighted by atomic mass is 35.5. The zero-order valence-corrected chi connectivity index (χ0v) is 15.3. The molecule has 0 radical (unpaired) electrons. The Morgan fingerprint density at radius 2 is 1.77 bits per heavy atom. The third-order valence-electron chi connectivity index (χ3n) is 4.12. The summed E-state index contributed by atoms with van der Waals surface area (Å²) in [6, 6.07) is 5.97. The molecule has 148 valence electrons. The molecule has 1 saturated heterocycles. The summed E-state index contributed by atoms with van der Waals surface area (Å²) in [6.45, 7) is 2.82. The number of benzene rings is 1. The Balaban J connectivity index is 0.00000338. The van der Waals surface area contributed by atoms with Crippen molar-refractivity contribution in [3.8, 4) is 11.5 Å². The fraction of sp³-hybridized carbons (Fsp3) is 0.588. The first-order valence-electron chi connectivity index (χ1n) is 8.16. The quantitative estimate of drug-likeness (QED) is 0.744. The van der Waals surface area contributed by atoms with Crippen LogP contribution in [0.5, 0.6) is 11.5 Å². The molecule has 1 aliphatic heterocycles. The smallest absolute Gasteiger partial charge is 0.422 e. The molecule has 0 aliphatic carbocycles. The van der Waals surface area contributed by atoms with Gasteiger partial charge in [0.2, 0.25) is 0 Å². The van der Waals surface area contributed by atoms with Gasteiger partial charge in [0.1, 0.15) is 0 Å². The summed E-state index contributed by atoms with van der Waals surface area (Å²) >= 11 is 0. The number of halogens is 4. The number of ether oxygens (including phenoxy) is 2. The van der Waals surface area contributed by atoms with E-state index in [1.165, 1.54) is 18.2 Å². The molecule has 2 N–H and O–H groups in total. The molecular formula is C17H24ClF3N2O3. The van der Waals surface area contributed by atoms with E-state index in [-0.39, 0.29) is 41.8 Å². The number of carbonyl (C=O) groups excluding carboxylic acids is 1. The predicted molar refractivity (Wildman–Crippen MR) is 94.0 cm³/mol. The monoisotopic (exact) mass is 396 g/mol. The summed E-state index contributed by atoms with van der Waals surface area (Å²) < 4.78 is 46.8. The highest BCUT2D eigenvalue weighted by Crippen LogP contribution is 2.29. The fourth-order valence-electron chi connectivity index (χ4n) is 2.56. The molecule has 5 nitrogen and oxygen atoms in total. The van der Waals surface area contributed by atoms with E-state index in [1.807, 2.05) is 0 Å². The number of amides is 1. The van der Waals surface area contributed by atoms with Crippen molar-refractivity contribution in [3.05, 3.63) is 24.3 Å². The number of piperidine rings is 1. The predicted octanol–water partition coefficient (Wildman–Crippen LogP) is 2.93. The first-order chi connectivity index (χ1) is 11.8. The zero-order valence-electron chi connectivity index (χ0n) is 14.5. The average molecular weight is 397 g/mol. The Morgan fingerprint density at radius 3 is 2.35 bits per heavy atom. The minimum Gasteiger partial charge on any atom is -0.480 e. The van der Waals surface area contributed by atoms with Crippen molar-refractivity contribution < 1.29 is 27.4 Å². The van der Waals surface area contributed by atoms with Crippen LogP contribution in [0.4, 0.5) is 13.2 Å². The lowest BCUT2D eigenvalue weighted by atomic mass is 9.81. The van der Waals surface area contributed by atoms with Crippen LogP contribution in [0.1, 0.15) is 19.8 Å². The minimum atomic E-state index is -4.44. The molecule has 0 atom stereocenters. The van der Waals surface area contributed by atoms with Crippen LogP contribution in [0.2, 0.25) is 0 Å². The Morgan fingerprint density at radius 1 is 1.19 bits per heavy atom. The topological polar surface area (TPSA) is 59.6 Å². The van der Waals surface area contributed by atoms with Gasteiger partial charge in [-0.15, -0.1) is 12.4 Å². The van der Waals surface area contributed by atoms with Gasteiger partial charge in [-0.1, -0.05) is 19.1 Å². The van der Waals surface area contributed by atoms with Gasteiger partial charge < -0.3 is 20.1 Å². The fourth-order valence-corrected chi connectivity index (χ4v) is 2.56. The van der Waals surface area contributed by atoms with Crippen LogP contribution in [-0.2, 0) is 4.79 Å². The molecule has 1 fully saturated rings. The van der Waals surface area contributed by atoms with Crippen LogP contribution in [0, 0.1) is 5.41 Å². The highest BCUT2D eigenvalue weighted by molar-refractivity contribution is 5.85. The van der Waals surface area contributed by atoms with Crippen molar-refractivity contribution in [1.29, 1.82) is 0 Å². The van der Waals surface area contributed by atoms with Crippen molar-refractivity contribution in [2.24, 2.45) is 5.41 Å². The Kier molecular flexibility index (Phi) is 8.49. The van der Waals surface area contributed by atoms with E-state index in [9.17, 15) is 18.0 Å². The van der Waals surface area contributed by atoms with Crippen molar-refractivity contribution in [3.63, 3.8) is 0 Å². The third-order valence-corrected chi connectivity index (χ3v) is 4.12. The number of alkyl halides is 3. The molecular weight excluding hydrogens is 373 g/mol. The maximum absolute atomic E-state index is 12.3. The summed E-state index contributed by atoms with van der Waals surface area (Å²) in [4.78, 5) is 12.0. The van der Waals surface area contributed by atoms with Gasteiger partial charge in [-0.25, -0.2) is 0 Å². The molecule has 1 aliphatic rings. The van der Waals surface area contributed by atoms with Gasteiger partial charge in [0.05, 0.1) is 0 Å². The molecule has 9 heteroatoms. The minimum absolute atomic E-state index is 0. The van der Waals surface area contributed by atoms with E-state index >= 15 is 0 Å². The van der Waals surface area contributed by atoms with Gasteiger partial charge in [0, 0.05) is 6.54 Å². The molecule has 0 bridgehead atoms. The average Bonchev–Trinajstić information content (AvgIpc) is 2.57. The van der Waals surface area contributed by atoms with Crippen molar-refractivity contribution in [2.75, 3.05) is 32.8 Å². The summed E-state index contributed by atoms with van der Waals surface area (Å²) in [6.07, 6.45) is -2.49. The Hall–Kier alpha value is -1.67. The molecule has 0 unspecified atom stereocenters. The number of hydrogen-bond acceptors (Lipinski definition) is 4. The lowest BCUT2D eigenvalue weighted by Gasteiger charge is -2.34. The van der Waals surface area contributed by atoms with Crippen LogP contribution in [0.15, 0.2) is 24.3 Å². The maximum Gasteiger partial charge on any atom is 0.422 e. The largest absolute Gasteiger partial charge is 0.480 e. The lowest BCUT2D eigenvalue weighted by Crippen LogP contribution is -2.43. The van der Waals surface area contributed by atoms with E-state index in [1.54, 1.807) is 6.07 Å². The molecule has 1 amide bonds. The van der Waals surface area contributed by atoms with Crippen molar-refractivity contribution >= 4 is 18.3 Å². The number of hydrogen-bond donors (Lipinski definition) is 2. The zero-order chi connectivity index (χ0) is 18.3. The Labute approximate surface area is 157 Å². The summed E-state index contributed by atoms with van der Waals surface area (Å²) in [7, 11) is 0. The van der Waals surface area contributed by atoms with Crippen LogP contribution in [-0.4, -0.2) is 44.9 Å².